The summed E-state index contributed by atoms with van der Waals surface area (Å²) >= 11 is 0. The van der Waals surface area contributed by atoms with Gasteiger partial charge in [-0.1, -0.05) is 0 Å². The summed E-state index contributed by atoms with van der Waals surface area (Å²) in [4.78, 5) is 0. The molecule has 1 atom stereocenters. The predicted molar refractivity (Wildman–Crippen MR) is 56.2 cm³/mol. The number of rotatable bonds is 8. The molecule has 14 heavy (non-hydrogen) atoms. The summed E-state index contributed by atoms with van der Waals surface area (Å²) in [6, 6.07) is 0. The highest BCUT2D eigenvalue weighted by Gasteiger charge is 2.16. The van der Waals surface area contributed by atoms with Crippen molar-refractivity contribution >= 4 is 0 Å². The standard InChI is InChI=1S/C10H23NO3/c1-9(2)14-7-6-13-5-4-10(3,12)8-11/h9,12H,4-8,11H2,1-3H3. The third kappa shape index (κ3) is 8.44. The van der Waals surface area contributed by atoms with Gasteiger partial charge in [-0.2, -0.15) is 0 Å². The van der Waals surface area contributed by atoms with E-state index in [0.717, 1.165) is 0 Å². The summed E-state index contributed by atoms with van der Waals surface area (Å²) in [6.07, 6.45) is 0.802. The number of aliphatic hydroxyl groups is 1. The Hall–Kier alpha value is -0.160. The summed E-state index contributed by atoms with van der Waals surface area (Å²) in [5.41, 5.74) is 4.55. The maximum absolute atomic E-state index is 9.53. The summed E-state index contributed by atoms with van der Waals surface area (Å²) in [5.74, 6) is 0. The van der Waals surface area contributed by atoms with E-state index in [0.29, 0.717) is 26.2 Å². The average molecular weight is 205 g/mol. The number of hydrogen-bond donors (Lipinski definition) is 2. The van der Waals surface area contributed by atoms with Gasteiger partial charge in [-0.3, -0.25) is 0 Å². The molecule has 0 heterocycles. The van der Waals surface area contributed by atoms with Crippen LogP contribution in [0.5, 0.6) is 0 Å². The van der Waals surface area contributed by atoms with Crippen LogP contribution < -0.4 is 5.73 Å². The van der Waals surface area contributed by atoms with Gasteiger partial charge in [0.05, 0.1) is 24.9 Å². The fourth-order valence-corrected chi connectivity index (χ4v) is 0.839. The molecule has 0 aliphatic rings. The molecule has 4 heteroatoms. The highest BCUT2D eigenvalue weighted by atomic mass is 16.5. The molecule has 0 spiro atoms. The van der Waals surface area contributed by atoms with Crippen LogP contribution in [-0.2, 0) is 9.47 Å². The summed E-state index contributed by atoms with van der Waals surface area (Å²) in [7, 11) is 0. The second-order valence-electron chi connectivity index (χ2n) is 3.98. The van der Waals surface area contributed by atoms with Gasteiger partial charge < -0.3 is 20.3 Å². The summed E-state index contributed by atoms with van der Waals surface area (Å²) in [6.45, 7) is 7.63. The monoisotopic (exact) mass is 205 g/mol. The average Bonchev–Trinajstić information content (AvgIpc) is 2.10. The normalized spacial score (nSPS) is 15.9. The zero-order valence-electron chi connectivity index (χ0n) is 9.45. The van der Waals surface area contributed by atoms with Gasteiger partial charge in [0.1, 0.15) is 0 Å². The minimum atomic E-state index is -0.807. The van der Waals surface area contributed by atoms with E-state index >= 15 is 0 Å². The third-order valence-electron chi connectivity index (χ3n) is 1.90. The molecule has 0 bridgehead atoms. The van der Waals surface area contributed by atoms with Crippen molar-refractivity contribution in [2.45, 2.75) is 38.9 Å². The lowest BCUT2D eigenvalue weighted by molar-refractivity contribution is -0.00835. The molecule has 0 aliphatic carbocycles. The molecule has 3 N–H and O–H groups in total. The molecule has 0 aliphatic heterocycles. The van der Waals surface area contributed by atoms with Gasteiger partial charge in [0.2, 0.25) is 0 Å². The van der Waals surface area contributed by atoms with Crippen molar-refractivity contribution in [2.75, 3.05) is 26.4 Å². The second kappa shape index (κ2) is 7.17. The van der Waals surface area contributed by atoms with Crippen molar-refractivity contribution in [1.29, 1.82) is 0 Å². The smallest absolute Gasteiger partial charge is 0.0763 e. The number of hydrogen-bond acceptors (Lipinski definition) is 4. The van der Waals surface area contributed by atoms with Gasteiger partial charge in [0.25, 0.3) is 0 Å². The molecule has 0 rings (SSSR count). The Labute approximate surface area is 86.4 Å². The van der Waals surface area contributed by atoms with E-state index in [1.807, 2.05) is 13.8 Å². The molecule has 0 saturated heterocycles. The molecule has 0 aromatic rings. The first kappa shape index (κ1) is 13.8. The molecule has 0 aromatic heterocycles. The van der Waals surface area contributed by atoms with Gasteiger partial charge in [-0.05, 0) is 20.8 Å². The van der Waals surface area contributed by atoms with Crippen molar-refractivity contribution in [3.05, 3.63) is 0 Å². The van der Waals surface area contributed by atoms with Crippen LogP contribution in [0.3, 0.4) is 0 Å². The van der Waals surface area contributed by atoms with Gasteiger partial charge in [0.15, 0.2) is 0 Å². The topological polar surface area (TPSA) is 64.7 Å². The Bertz CT molecular complexity index is 137. The van der Waals surface area contributed by atoms with Crippen LogP contribution in [0.15, 0.2) is 0 Å². The molecule has 0 saturated carbocycles. The number of nitrogens with two attached hydrogens (primary N) is 1. The van der Waals surface area contributed by atoms with Gasteiger partial charge >= 0.3 is 0 Å². The fraction of sp³-hybridized carbons (Fsp3) is 1.00. The molecule has 4 nitrogen and oxygen atoms in total. The third-order valence-corrected chi connectivity index (χ3v) is 1.90. The molecule has 0 amide bonds. The molecule has 86 valence electrons. The lowest BCUT2D eigenvalue weighted by Gasteiger charge is -2.20. The van der Waals surface area contributed by atoms with Crippen molar-refractivity contribution in [2.24, 2.45) is 5.73 Å². The van der Waals surface area contributed by atoms with Crippen molar-refractivity contribution in [3.63, 3.8) is 0 Å². The van der Waals surface area contributed by atoms with E-state index in [9.17, 15) is 5.11 Å². The molecule has 0 aromatic carbocycles. The van der Waals surface area contributed by atoms with Crippen molar-refractivity contribution in [1.82, 2.24) is 0 Å². The Balaban J connectivity index is 3.21. The van der Waals surface area contributed by atoms with Crippen LogP contribution >= 0.6 is 0 Å². The van der Waals surface area contributed by atoms with Crippen LogP contribution in [0.4, 0.5) is 0 Å². The van der Waals surface area contributed by atoms with E-state index in [-0.39, 0.29) is 12.6 Å². The Kier molecular flexibility index (Phi) is 7.09. The molecule has 0 fully saturated rings. The quantitative estimate of drug-likeness (QED) is 0.567. The Morgan fingerprint density at radius 1 is 1.29 bits per heavy atom. The molecule has 0 radical (unpaired) electrons. The van der Waals surface area contributed by atoms with E-state index in [1.54, 1.807) is 6.92 Å². The van der Waals surface area contributed by atoms with Crippen molar-refractivity contribution in [3.8, 4) is 0 Å². The zero-order valence-corrected chi connectivity index (χ0v) is 9.45. The second-order valence-corrected chi connectivity index (χ2v) is 3.98. The first-order valence-electron chi connectivity index (χ1n) is 5.10. The van der Waals surface area contributed by atoms with Crippen LogP contribution in [0.1, 0.15) is 27.2 Å². The van der Waals surface area contributed by atoms with Crippen LogP contribution in [0.2, 0.25) is 0 Å². The van der Waals surface area contributed by atoms with E-state index in [4.69, 9.17) is 15.2 Å². The molecule has 1 unspecified atom stereocenters. The van der Waals surface area contributed by atoms with Gasteiger partial charge in [0, 0.05) is 19.6 Å². The highest BCUT2D eigenvalue weighted by Crippen LogP contribution is 2.06. The molecular formula is C10H23NO3. The highest BCUT2D eigenvalue weighted by molar-refractivity contribution is 4.72. The predicted octanol–water partition coefficient (Wildman–Crippen LogP) is 0.528. The Morgan fingerprint density at radius 3 is 2.43 bits per heavy atom. The molecular weight excluding hydrogens is 182 g/mol. The minimum Gasteiger partial charge on any atom is -0.389 e. The fourth-order valence-electron chi connectivity index (χ4n) is 0.839. The minimum absolute atomic E-state index is 0.241. The van der Waals surface area contributed by atoms with Crippen molar-refractivity contribution < 1.29 is 14.6 Å². The summed E-state index contributed by atoms with van der Waals surface area (Å²) < 4.78 is 10.6. The Morgan fingerprint density at radius 2 is 1.93 bits per heavy atom. The summed E-state index contributed by atoms with van der Waals surface area (Å²) in [5, 5.41) is 9.53. The van der Waals surface area contributed by atoms with E-state index < -0.39 is 5.60 Å². The maximum atomic E-state index is 9.53. The van der Waals surface area contributed by atoms with Crippen LogP contribution in [0, 0.1) is 0 Å². The van der Waals surface area contributed by atoms with Crippen LogP contribution in [-0.4, -0.2) is 43.2 Å². The van der Waals surface area contributed by atoms with Crippen LogP contribution in [0.25, 0.3) is 0 Å². The lowest BCUT2D eigenvalue weighted by atomic mass is 10.0. The largest absolute Gasteiger partial charge is 0.389 e. The number of ether oxygens (including phenoxy) is 2. The first-order valence-corrected chi connectivity index (χ1v) is 5.10. The van der Waals surface area contributed by atoms with E-state index in [2.05, 4.69) is 0 Å². The van der Waals surface area contributed by atoms with E-state index in [1.165, 1.54) is 0 Å². The SMILES string of the molecule is CC(C)OCCOCCC(C)(O)CN. The van der Waals surface area contributed by atoms with Gasteiger partial charge in [-0.15, -0.1) is 0 Å². The maximum Gasteiger partial charge on any atom is 0.0763 e. The zero-order chi connectivity index (χ0) is 11.0. The lowest BCUT2D eigenvalue weighted by Crippen LogP contribution is -2.35. The first-order chi connectivity index (χ1) is 6.48. The van der Waals surface area contributed by atoms with Gasteiger partial charge in [-0.25, -0.2) is 0 Å².